The van der Waals surface area contributed by atoms with Gasteiger partial charge in [0, 0.05) is 0 Å². The molecule has 0 aromatic heterocycles. The van der Waals surface area contributed by atoms with Crippen molar-refractivity contribution in [1.82, 2.24) is 4.90 Å². The van der Waals surface area contributed by atoms with Crippen molar-refractivity contribution in [3.05, 3.63) is 251 Å². The molecular weight excluding hydrogens is 991 g/mol. The Bertz CT molecular complexity index is 2860. The summed E-state index contributed by atoms with van der Waals surface area (Å²) in [4.78, 5) is 30.8. The molecule has 0 radical (unpaired) electrons. The van der Waals surface area contributed by atoms with Crippen LogP contribution >= 0.6 is 11.8 Å². The number of fused-ring (bicyclic) bond motifs is 1. The van der Waals surface area contributed by atoms with E-state index in [2.05, 4.69) is 0 Å². The number of imide groups is 1. The summed E-state index contributed by atoms with van der Waals surface area (Å²) >= 11 is 1.49. The number of rotatable bonds is 25. The van der Waals surface area contributed by atoms with Gasteiger partial charge in [0.1, 0.15) is 54.2 Å². The molecule has 7 aromatic rings. The van der Waals surface area contributed by atoms with Gasteiger partial charge in [0.15, 0.2) is 6.29 Å². The predicted molar refractivity (Wildman–Crippen MR) is 293 cm³/mol. The smallest absolute Gasteiger partial charge is 0.262 e. The number of amides is 2. The first-order chi connectivity index (χ1) is 38.0. The largest absolute Gasteiger partial charge is 0.374 e. The molecule has 4 unspecified atom stereocenters. The van der Waals surface area contributed by atoms with Crippen molar-refractivity contribution >= 4 is 23.6 Å². The second-order valence-corrected chi connectivity index (χ2v) is 20.6. The zero-order valence-corrected chi connectivity index (χ0v) is 43.9. The van der Waals surface area contributed by atoms with Crippen LogP contribution in [0.5, 0.6) is 0 Å². The molecule has 2 saturated heterocycles. The minimum atomic E-state index is -1.20. The van der Waals surface area contributed by atoms with Crippen LogP contribution in [0.2, 0.25) is 0 Å². The molecule has 0 bridgehead atoms. The molecule has 3 aliphatic heterocycles. The van der Waals surface area contributed by atoms with Crippen molar-refractivity contribution in [2.75, 3.05) is 19.0 Å². The van der Waals surface area contributed by atoms with Gasteiger partial charge in [0.05, 0.1) is 64.0 Å². The van der Waals surface area contributed by atoms with E-state index in [-0.39, 0.29) is 46.2 Å². The Hall–Kier alpha value is -6.33. The van der Waals surface area contributed by atoms with Gasteiger partial charge in [-0.2, -0.15) is 0 Å². The summed E-state index contributed by atoms with van der Waals surface area (Å²) in [7, 11) is 0. The van der Waals surface area contributed by atoms with E-state index in [0.717, 1.165) is 33.4 Å². The van der Waals surface area contributed by atoms with Crippen LogP contribution in [0.4, 0.5) is 0 Å². The summed E-state index contributed by atoms with van der Waals surface area (Å²) < 4.78 is 63.5. The minimum Gasteiger partial charge on any atom is -0.374 e. The Morgan fingerprint density at radius 2 is 0.753 bits per heavy atom. The molecule has 10 atom stereocenters. The van der Waals surface area contributed by atoms with Crippen LogP contribution in [0.25, 0.3) is 0 Å². The molecule has 2 amide bonds. The lowest BCUT2D eigenvalue weighted by Gasteiger charge is -2.51. The van der Waals surface area contributed by atoms with Gasteiger partial charge in [-0.3, -0.25) is 14.5 Å². The summed E-state index contributed by atoms with van der Waals surface area (Å²) in [6.45, 7) is 3.53. The number of hydrogen-bond donors (Lipinski definition) is 0. The van der Waals surface area contributed by atoms with E-state index in [1.165, 1.54) is 16.7 Å². The van der Waals surface area contributed by atoms with Crippen LogP contribution in [-0.2, 0) is 82.3 Å². The summed E-state index contributed by atoms with van der Waals surface area (Å²) in [6, 6.07) is 65.5. The first-order valence-electron chi connectivity index (χ1n) is 26.4. The molecule has 3 aliphatic rings. The highest BCUT2D eigenvalue weighted by Gasteiger charge is 2.57. The lowest BCUT2D eigenvalue weighted by atomic mass is 9.94. The van der Waals surface area contributed by atoms with Crippen LogP contribution in [0.3, 0.4) is 0 Å². The third-order valence-electron chi connectivity index (χ3n) is 13.9. The molecule has 77 heavy (non-hydrogen) atoms. The molecule has 2 fully saturated rings. The number of carbonyl (C=O) groups is 2. The summed E-state index contributed by atoms with van der Waals surface area (Å²) in [5.74, 6) is -0.267. The highest BCUT2D eigenvalue weighted by atomic mass is 32.2. The maximum atomic E-state index is 14.8. The zero-order valence-electron chi connectivity index (χ0n) is 43.1. The Labute approximate surface area is 455 Å². The summed E-state index contributed by atoms with van der Waals surface area (Å²) in [5.41, 5.74) is 5.57. The van der Waals surface area contributed by atoms with Crippen molar-refractivity contribution in [1.29, 1.82) is 0 Å². The Balaban J connectivity index is 1.08. The standard InChI is InChI=1S/C64H65NO11S/c1-2-77-64-55(65-61(66)51-35-21-22-36-52(51)62(65)67)58(71-40-48-29-15-6-16-30-48)57(54(75-64)44-69-38-46-25-11-4-12-26-46)76-63-60(73-42-50-33-19-8-20-34-50)59(72-41-49-31-17-7-18-32-49)56(70-39-47-27-13-5-14-28-47)53(74-63)43-68-37-45-23-9-3-10-24-45/h3-36,53-60,63-64H,2,37-44H2,1H3/t53?,54-,55?,56-,57+,58?,59+,60?,63-,64+/m0/s1. The maximum Gasteiger partial charge on any atom is 0.262 e. The Kier molecular flexibility index (Phi) is 19.2. The van der Waals surface area contributed by atoms with Crippen LogP contribution in [0.15, 0.2) is 206 Å². The third-order valence-corrected chi connectivity index (χ3v) is 14.9. The predicted octanol–water partition coefficient (Wildman–Crippen LogP) is 11.0. The van der Waals surface area contributed by atoms with Gasteiger partial charge in [-0.1, -0.05) is 201 Å². The fourth-order valence-corrected chi connectivity index (χ4v) is 11.1. The number of carbonyl (C=O) groups excluding carboxylic acids is 2. The second kappa shape index (κ2) is 27.3. The lowest BCUT2D eigenvalue weighted by Crippen LogP contribution is -2.68. The van der Waals surface area contributed by atoms with E-state index in [1.807, 2.05) is 189 Å². The Morgan fingerprint density at radius 3 is 1.17 bits per heavy atom. The van der Waals surface area contributed by atoms with Crippen molar-refractivity contribution in [2.45, 2.75) is 107 Å². The number of nitrogens with zero attached hydrogens (tertiary/aromatic N) is 1. The molecular formula is C64H65NO11S. The number of benzene rings is 7. The second-order valence-electron chi connectivity index (χ2n) is 19.2. The van der Waals surface area contributed by atoms with Crippen LogP contribution in [-0.4, -0.2) is 96.2 Å². The molecule has 398 valence electrons. The minimum absolute atomic E-state index is 0.0585. The number of ether oxygens (including phenoxy) is 9. The molecule has 0 spiro atoms. The van der Waals surface area contributed by atoms with Gasteiger partial charge in [-0.15, -0.1) is 11.8 Å². The molecule has 12 nitrogen and oxygen atoms in total. The maximum absolute atomic E-state index is 14.8. The van der Waals surface area contributed by atoms with E-state index in [0.29, 0.717) is 23.5 Å². The monoisotopic (exact) mass is 1060 g/mol. The van der Waals surface area contributed by atoms with Gasteiger partial charge in [0.25, 0.3) is 11.8 Å². The quantitative estimate of drug-likeness (QED) is 0.0507. The van der Waals surface area contributed by atoms with Crippen molar-refractivity contribution in [2.24, 2.45) is 0 Å². The van der Waals surface area contributed by atoms with Crippen molar-refractivity contribution in [3.63, 3.8) is 0 Å². The van der Waals surface area contributed by atoms with Crippen molar-refractivity contribution in [3.8, 4) is 0 Å². The van der Waals surface area contributed by atoms with Gasteiger partial charge >= 0.3 is 0 Å². The van der Waals surface area contributed by atoms with Crippen molar-refractivity contribution < 1.29 is 52.2 Å². The van der Waals surface area contributed by atoms with E-state index in [9.17, 15) is 9.59 Å². The van der Waals surface area contributed by atoms with Gasteiger partial charge in [0.2, 0.25) is 0 Å². The Morgan fingerprint density at radius 1 is 0.403 bits per heavy atom. The van der Waals surface area contributed by atoms with E-state index in [4.69, 9.17) is 42.6 Å². The highest BCUT2D eigenvalue weighted by molar-refractivity contribution is 7.99. The summed E-state index contributed by atoms with van der Waals surface area (Å²) in [6.07, 6.45) is -7.36. The SMILES string of the molecule is CCS[C@H]1O[C@@H](COCc2ccccc2)[C@@H](O[C@@H]2OC(COCc3ccccc3)[C@H](OCc3ccccc3)[C@@H](OCc3ccccc3)C2OCc2ccccc2)C(OCc2ccccc2)C1N1C(=O)c2ccccc2C1=O. The molecule has 0 saturated carbocycles. The zero-order chi connectivity index (χ0) is 52.6. The van der Waals surface area contributed by atoms with Crippen LogP contribution in [0.1, 0.15) is 61.0 Å². The van der Waals surface area contributed by atoms with Crippen LogP contribution in [0, 0.1) is 0 Å². The van der Waals surface area contributed by atoms with E-state index in [1.54, 1.807) is 24.3 Å². The van der Waals surface area contributed by atoms with Gasteiger partial charge in [-0.25, -0.2) is 0 Å². The van der Waals surface area contributed by atoms with E-state index < -0.39 is 72.3 Å². The molecule has 0 N–H and O–H groups in total. The first-order valence-corrected chi connectivity index (χ1v) is 27.5. The topological polar surface area (TPSA) is 120 Å². The van der Waals surface area contributed by atoms with Crippen LogP contribution < -0.4 is 0 Å². The third kappa shape index (κ3) is 13.9. The summed E-state index contributed by atoms with van der Waals surface area (Å²) in [5, 5.41) is 0. The number of thioether (sulfide) groups is 1. The van der Waals surface area contributed by atoms with Gasteiger partial charge < -0.3 is 42.6 Å². The normalized spacial score (nSPS) is 24.2. The molecule has 13 heteroatoms. The highest BCUT2D eigenvalue weighted by Crippen LogP contribution is 2.41. The average Bonchev–Trinajstić information content (AvgIpc) is 3.78. The van der Waals surface area contributed by atoms with E-state index >= 15 is 0 Å². The average molecular weight is 1060 g/mol. The molecule has 0 aliphatic carbocycles. The van der Waals surface area contributed by atoms with Gasteiger partial charge in [-0.05, 0) is 51.3 Å². The lowest BCUT2D eigenvalue weighted by molar-refractivity contribution is -0.355. The molecule has 10 rings (SSSR count). The fourth-order valence-electron chi connectivity index (χ4n) is 10.1. The fraction of sp³-hybridized carbons (Fsp3) is 0.312. The molecule has 7 aromatic carbocycles. The first kappa shape index (κ1) is 54.0. The number of hydrogen-bond acceptors (Lipinski definition) is 12. The molecule has 3 heterocycles.